The average Bonchev–Trinajstić information content (AvgIpc) is 3.30. The highest BCUT2D eigenvalue weighted by Gasteiger charge is 2.36. The van der Waals surface area contributed by atoms with E-state index in [2.05, 4.69) is 11.4 Å². The van der Waals surface area contributed by atoms with Gasteiger partial charge in [-0.2, -0.15) is 0 Å². The summed E-state index contributed by atoms with van der Waals surface area (Å²) in [6.45, 7) is 0.474. The van der Waals surface area contributed by atoms with Crippen LogP contribution < -0.4 is 10.1 Å². The number of amides is 1. The number of methoxy groups -OCH3 is 1. The molecule has 1 aliphatic rings. The minimum absolute atomic E-state index is 0.0104. The maximum atomic E-state index is 12.3. The number of carbonyl (C=O) groups is 2. The topological polar surface area (TPSA) is 88.8 Å². The van der Waals surface area contributed by atoms with Gasteiger partial charge in [0, 0.05) is 12.0 Å². The number of aromatic carboxylic acids is 1. The van der Waals surface area contributed by atoms with Crippen LogP contribution in [0.4, 0.5) is 0 Å². The molecule has 1 fully saturated rings. The van der Waals surface area contributed by atoms with Crippen molar-refractivity contribution in [2.24, 2.45) is 0 Å². The number of rotatable bonds is 6. The molecular weight excluding hydrogens is 322 g/mol. The fourth-order valence-corrected chi connectivity index (χ4v) is 3.48. The predicted molar refractivity (Wildman–Crippen MR) is 91.1 cm³/mol. The van der Waals surface area contributed by atoms with Crippen LogP contribution in [0.3, 0.4) is 0 Å². The molecule has 3 rings (SSSR count). The smallest absolute Gasteiger partial charge is 0.371 e. The van der Waals surface area contributed by atoms with Crippen LogP contribution in [0.25, 0.3) is 0 Å². The Balaban J connectivity index is 1.75. The molecule has 0 unspecified atom stereocenters. The van der Waals surface area contributed by atoms with E-state index in [1.54, 1.807) is 7.11 Å². The van der Waals surface area contributed by atoms with Crippen molar-refractivity contribution in [1.82, 2.24) is 5.32 Å². The highest BCUT2D eigenvalue weighted by Crippen LogP contribution is 2.41. The lowest BCUT2D eigenvalue weighted by atomic mass is 9.78. The Kier molecular flexibility index (Phi) is 4.79. The van der Waals surface area contributed by atoms with Gasteiger partial charge in [0.25, 0.3) is 5.91 Å². The minimum atomic E-state index is -1.19. The third-order valence-corrected chi connectivity index (χ3v) is 4.87. The van der Waals surface area contributed by atoms with E-state index in [1.165, 1.54) is 12.1 Å². The van der Waals surface area contributed by atoms with Crippen LogP contribution in [0.1, 0.15) is 52.4 Å². The lowest BCUT2D eigenvalue weighted by molar-refractivity contribution is 0.0659. The van der Waals surface area contributed by atoms with E-state index >= 15 is 0 Å². The largest absolute Gasteiger partial charge is 0.497 e. The second kappa shape index (κ2) is 7.01. The number of hydrogen-bond donors (Lipinski definition) is 2. The molecule has 1 aliphatic carbocycles. The molecule has 1 aromatic heterocycles. The summed E-state index contributed by atoms with van der Waals surface area (Å²) in [5.41, 5.74) is 1.02. The van der Waals surface area contributed by atoms with E-state index in [-0.39, 0.29) is 16.9 Å². The van der Waals surface area contributed by atoms with E-state index in [0.717, 1.165) is 37.0 Å². The Hall–Kier alpha value is -2.76. The molecule has 1 aromatic carbocycles. The van der Waals surface area contributed by atoms with Gasteiger partial charge in [-0.1, -0.05) is 25.0 Å². The van der Waals surface area contributed by atoms with E-state index in [0.29, 0.717) is 6.54 Å². The standard InChI is InChI=1S/C19H21NO5/c1-24-14-6-4-5-13(11-14)19(9-2-3-10-19)12-20-17(21)15-7-8-16(25-15)18(22)23/h4-8,11H,2-3,9-10,12H2,1H3,(H,20,21)(H,22,23). The van der Waals surface area contributed by atoms with Gasteiger partial charge in [-0.25, -0.2) is 4.79 Å². The van der Waals surface area contributed by atoms with Gasteiger partial charge in [0.2, 0.25) is 5.76 Å². The molecule has 2 aromatic rings. The molecule has 0 radical (unpaired) electrons. The van der Waals surface area contributed by atoms with Crippen molar-refractivity contribution in [3.63, 3.8) is 0 Å². The maximum Gasteiger partial charge on any atom is 0.371 e. The molecule has 6 heteroatoms. The zero-order valence-electron chi connectivity index (χ0n) is 14.1. The zero-order valence-corrected chi connectivity index (χ0v) is 14.1. The highest BCUT2D eigenvalue weighted by atomic mass is 16.5. The number of carboxylic acids is 1. The number of ether oxygens (including phenoxy) is 1. The summed E-state index contributed by atoms with van der Waals surface area (Å²) < 4.78 is 10.4. The van der Waals surface area contributed by atoms with Gasteiger partial charge in [-0.15, -0.1) is 0 Å². The molecule has 132 valence electrons. The minimum Gasteiger partial charge on any atom is -0.497 e. The van der Waals surface area contributed by atoms with Crippen LogP contribution in [0.5, 0.6) is 5.75 Å². The van der Waals surface area contributed by atoms with Crippen molar-refractivity contribution < 1.29 is 23.8 Å². The van der Waals surface area contributed by atoms with Gasteiger partial charge in [-0.3, -0.25) is 4.79 Å². The Bertz CT molecular complexity index is 774. The number of nitrogens with one attached hydrogen (secondary N) is 1. The number of furan rings is 1. The van der Waals surface area contributed by atoms with Crippen molar-refractivity contribution in [3.8, 4) is 5.75 Å². The van der Waals surface area contributed by atoms with E-state index in [9.17, 15) is 9.59 Å². The van der Waals surface area contributed by atoms with Crippen LogP contribution in [0.15, 0.2) is 40.8 Å². The van der Waals surface area contributed by atoms with Crippen molar-refractivity contribution in [1.29, 1.82) is 0 Å². The van der Waals surface area contributed by atoms with Crippen LogP contribution in [-0.2, 0) is 5.41 Å². The van der Waals surface area contributed by atoms with Gasteiger partial charge in [0.1, 0.15) is 5.75 Å². The third kappa shape index (κ3) is 3.52. The molecule has 0 spiro atoms. The van der Waals surface area contributed by atoms with Crippen LogP contribution in [0, 0.1) is 0 Å². The third-order valence-electron chi connectivity index (χ3n) is 4.87. The van der Waals surface area contributed by atoms with Gasteiger partial charge >= 0.3 is 5.97 Å². The Morgan fingerprint density at radius 2 is 1.92 bits per heavy atom. The summed E-state index contributed by atoms with van der Waals surface area (Å²) in [4.78, 5) is 23.2. The SMILES string of the molecule is COc1cccc(C2(CNC(=O)c3ccc(C(=O)O)o3)CCCC2)c1. The Morgan fingerprint density at radius 3 is 2.56 bits per heavy atom. The summed E-state index contributed by atoms with van der Waals surface area (Å²) in [7, 11) is 1.64. The molecule has 0 saturated heterocycles. The summed E-state index contributed by atoms with van der Waals surface area (Å²) in [6.07, 6.45) is 4.19. The first-order valence-corrected chi connectivity index (χ1v) is 8.30. The summed E-state index contributed by atoms with van der Waals surface area (Å²) in [5, 5.41) is 11.8. The molecule has 6 nitrogen and oxygen atoms in total. The average molecular weight is 343 g/mol. The molecule has 25 heavy (non-hydrogen) atoms. The first kappa shape index (κ1) is 17.1. The van der Waals surface area contributed by atoms with Crippen molar-refractivity contribution in [3.05, 3.63) is 53.5 Å². The van der Waals surface area contributed by atoms with Crippen LogP contribution >= 0.6 is 0 Å². The molecular formula is C19H21NO5. The van der Waals surface area contributed by atoms with Gasteiger partial charge in [-0.05, 0) is 42.7 Å². The number of hydrogen-bond acceptors (Lipinski definition) is 4. The fourth-order valence-electron chi connectivity index (χ4n) is 3.48. The molecule has 0 atom stereocenters. The van der Waals surface area contributed by atoms with Crippen LogP contribution in [-0.4, -0.2) is 30.6 Å². The summed E-state index contributed by atoms with van der Waals surface area (Å²) in [5.74, 6) is -1.03. The molecule has 1 heterocycles. The molecule has 1 saturated carbocycles. The molecule has 0 bridgehead atoms. The van der Waals surface area contributed by atoms with E-state index in [1.807, 2.05) is 18.2 Å². The normalized spacial score (nSPS) is 15.7. The van der Waals surface area contributed by atoms with Crippen molar-refractivity contribution in [2.45, 2.75) is 31.1 Å². The second-order valence-electron chi connectivity index (χ2n) is 6.37. The first-order chi connectivity index (χ1) is 12.0. The molecule has 2 N–H and O–H groups in total. The fraction of sp³-hybridized carbons (Fsp3) is 0.368. The van der Waals surface area contributed by atoms with Crippen molar-refractivity contribution >= 4 is 11.9 Å². The van der Waals surface area contributed by atoms with Gasteiger partial charge in [0.15, 0.2) is 5.76 Å². The summed E-state index contributed by atoms with van der Waals surface area (Å²) >= 11 is 0. The molecule has 0 aliphatic heterocycles. The first-order valence-electron chi connectivity index (χ1n) is 8.30. The summed E-state index contributed by atoms with van der Waals surface area (Å²) in [6, 6.07) is 10.6. The predicted octanol–water partition coefficient (Wildman–Crippen LogP) is 3.23. The number of carbonyl (C=O) groups excluding carboxylic acids is 1. The monoisotopic (exact) mass is 343 g/mol. The Labute approximate surface area is 145 Å². The zero-order chi connectivity index (χ0) is 17.9. The lowest BCUT2D eigenvalue weighted by Crippen LogP contribution is -2.39. The van der Waals surface area contributed by atoms with E-state index in [4.69, 9.17) is 14.3 Å². The van der Waals surface area contributed by atoms with Gasteiger partial charge < -0.3 is 19.6 Å². The number of benzene rings is 1. The highest BCUT2D eigenvalue weighted by molar-refractivity contribution is 5.93. The lowest BCUT2D eigenvalue weighted by Gasteiger charge is -2.30. The Morgan fingerprint density at radius 1 is 1.20 bits per heavy atom. The van der Waals surface area contributed by atoms with E-state index < -0.39 is 11.9 Å². The maximum absolute atomic E-state index is 12.3. The van der Waals surface area contributed by atoms with Crippen molar-refractivity contribution in [2.75, 3.05) is 13.7 Å². The molecule has 1 amide bonds. The quantitative estimate of drug-likeness (QED) is 0.840. The van der Waals surface area contributed by atoms with Crippen LogP contribution in [0.2, 0.25) is 0 Å². The number of carboxylic acid groups (broad SMARTS) is 1. The second-order valence-corrected chi connectivity index (χ2v) is 6.37. The van der Waals surface area contributed by atoms with Gasteiger partial charge in [0.05, 0.1) is 7.11 Å².